The van der Waals surface area contributed by atoms with Crippen molar-refractivity contribution in [1.82, 2.24) is 5.43 Å². The highest BCUT2D eigenvalue weighted by Gasteiger charge is 2.19. The Hall–Kier alpha value is -2.56. The molecular weight excluding hydrogens is 304 g/mol. The Labute approximate surface area is 143 Å². The van der Waals surface area contributed by atoms with E-state index in [1.54, 1.807) is 25.3 Å². The number of ether oxygens (including phenoxy) is 2. The van der Waals surface area contributed by atoms with Crippen molar-refractivity contribution in [3.63, 3.8) is 0 Å². The molecule has 128 valence electrons. The van der Waals surface area contributed by atoms with Gasteiger partial charge in [-0.25, -0.2) is 5.43 Å². The van der Waals surface area contributed by atoms with Crippen LogP contribution in [0.5, 0.6) is 11.5 Å². The van der Waals surface area contributed by atoms with E-state index in [0.29, 0.717) is 23.0 Å². The number of hydrogen-bond acceptors (Lipinski definition) is 4. The first-order valence-corrected chi connectivity index (χ1v) is 7.87. The van der Waals surface area contributed by atoms with Gasteiger partial charge in [-0.1, -0.05) is 18.2 Å². The lowest BCUT2D eigenvalue weighted by atomic mass is 9.85. The van der Waals surface area contributed by atoms with Gasteiger partial charge in [0.15, 0.2) is 11.5 Å². The summed E-state index contributed by atoms with van der Waals surface area (Å²) in [5.74, 6) is 1.18. The number of hydrazone groups is 1. The third-order valence-corrected chi connectivity index (χ3v) is 4.24. The van der Waals surface area contributed by atoms with Gasteiger partial charge in [0, 0.05) is 5.56 Å². The van der Waals surface area contributed by atoms with E-state index < -0.39 is 0 Å². The minimum Gasteiger partial charge on any atom is -0.493 e. The highest BCUT2D eigenvalue weighted by atomic mass is 16.5. The van der Waals surface area contributed by atoms with Gasteiger partial charge in [-0.2, -0.15) is 5.10 Å². The van der Waals surface area contributed by atoms with E-state index in [9.17, 15) is 4.79 Å². The topological polar surface area (TPSA) is 59.9 Å². The maximum absolute atomic E-state index is 12.3. The molecule has 2 rings (SSSR count). The molecule has 0 fully saturated rings. The normalized spacial score (nSPS) is 18.8. The summed E-state index contributed by atoms with van der Waals surface area (Å²) in [5.41, 5.74) is 6.22. The molecule has 1 unspecified atom stereocenters. The minimum absolute atomic E-state index is 0.284. The Balaban J connectivity index is 2.13. The van der Waals surface area contributed by atoms with Crippen LogP contribution < -0.4 is 14.9 Å². The van der Waals surface area contributed by atoms with Crippen LogP contribution in [-0.4, -0.2) is 25.8 Å². The molecule has 5 heteroatoms. The quantitative estimate of drug-likeness (QED) is 0.662. The van der Waals surface area contributed by atoms with Crippen LogP contribution in [0.3, 0.4) is 0 Å². The van der Waals surface area contributed by atoms with Crippen molar-refractivity contribution >= 4 is 11.6 Å². The molecule has 0 bridgehead atoms. The molecule has 1 aromatic rings. The highest BCUT2D eigenvalue weighted by Crippen LogP contribution is 2.28. The van der Waals surface area contributed by atoms with E-state index in [-0.39, 0.29) is 5.91 Å². The number of allylic oxidation sites excluding steroid dienone is 3. The zero-order chi connectivity index (χ0) is 17.7. The largest absolute Gasteiger partial charge is 0.493 e. The minimum atomic E-state index is -0.284. The average molecular weight is 328 g/mol. The van der Waals surface area contributed by atoms with Crippen LogP contribution in [0.15, 0.2) is 47.1 Å². The molecule has 0 saturated heterocycles. The van der Waals surface area contributed by atoms with Crippen LogP contribution in [-0.2, 0) is 0 Å². The average Bonchev–Trinajstić information content (AvgIpc) is 2.59. The van der Waals surface area contributed by atoms with E-state index >= 15 is 0 Å². The Kier molecular flexibility index (Phi) is 5.79. The monoisotopic (exact) mass is 328 g/mol. The Morgan fingerprint density at radius 2 is 2.00 bits per heavy atom. The lowest BCUT2D eigenvalue weighted by Gasteiger charge is -2.22. The zero-order valence-corrected chi connectivity index (χ0v) is 14.7. The zero-order valence-electron chi connectivity index (χ0n) is 14.7. The second kappa shape index (κ2) is 7.81. The van der Waals surface area contributed by atoms with Gasteiger partial charge in [-0.15, -0.1) is 0 Å². The van der Waals surface area contributed by atoms with Crippen LogP contribution in [0, 0.1) is 5.92 Å². The Morgan fingerprint density at radius 3 is 2.62 bits per heavy atom. The van der Waals surface area contributed by atoms with Crippen LogP contribution in [0.4, 0.5) is 0 Å². The molecule has 0 spiro atoms. The summed E-state index contributed by atoms with van der Waals surface area (Å²) < 4.78 is 10.4. The van der Waals surface area contributed by atoms with Crippen molar-refractivity contribution < 1.29 is 14.3 Å². The first-order chi connectivity index (χ1) is 11.5. The van der Waals surface area contributed by atoms with Crippen LogP contribution in [0.1, 0.15) is 37.0 Å². The predicted molar refractivity (Wildman–Crippen MR) is 95.7 cm³/mol. The lowest BCUT2D eigenvalue weighted by molar-refractivity contribution is 0.0954. The Morgan fingerprint density at radius 1 is 1.29 bits per heavy atom. The van der Waals surface area contributed by atoms with Gasteiger partial charge in [0.25, 0.3) is 5.91 Å². The standard InChI is InChI=1S/C19H24N2O3/c1-12(2)14-7-6-13(3)16(10-14)20-21-19(22)15-8-9-17(23-4)18(11-15)24-5/h6,8-9,11,14H,1,7,10H2,2-5H3,(H,21,22). The second-order valence-corrected chi connectivity index (χ2v) is 5.94. The number of rotatable bonds is 5. The van der Waals surface area contributed by atoms with Gasteiger partial charge in [-0.3, -0.25) is 4.79 Å². The molecule has 24 heavy (non-hydrogen) atoms. The van der Waals surface area contributed by atoms with Crippen LogP contribution in [0.2, 0.25) is 0 Å². The summed E-state index contributed by atoms with van der Waals surface area (Å²) >= 11 is 0. The number of carbonyl (C=O) groups is 1. The lowest BCUT2D eigenvalue weighted by Crippen LogP contribution is -2.23. The molecule has 5 nitrogen and oxygen atoms in total. The summed E-state index contributed by atoms with van der Waals surface area (Å²) in [7, 11) is 3.09. The van der Waals surface area contributed by atoms with Crippen molar-refractivity contribution in [1.29, 1.82) is 0 Å². The van der Waals surface area contributed by atoms with Crippen molar-refractivity contribution in [2.75, 3.05) is 14.2 Å². The smallest absolute Gasteiger partial charge is 0.271 e. The molecule has 1 aliphatic carbocycles. The Bertz CT molecular complexity index is 705. The molecule has 0 radical (unpaired) electrons. The summed E-state index contributed by atoms with van der Waals surface area (Å²) in [6.45, 7) is 8.06. The summed E-state index contributed by atoms with van der Waals surface area (Å²) in [5, 5.41) is 4.31. The number of methoxy groups -OCH3 is 2. The van der Waals surface area contributed by atoms with E-state index in [4.69, 9.17) is 9.47 Å². The van der Waals surface area contributed by atoms with Crippen molar-refractivity contribution in [2.24, 2.45) is 11.0 Å². The number of hydrogen-bond donors (Lipinski definition) is 1. The number of carbonyl (C=O) groups excluding carboxylic acids is 1. The van der Waals surface area contributed by atoms with Crippen LogP contribution in [0.25, 0.3) is 0 Å². The molecule has 1 aromatic carbocycles. The fourth-order valence-corrected chi connectivity index (χ4v) is 2.58. The number of nitrogens with zero attached hydrogens (tertiary/aromatic N) is 1. The van der Waals surface area contributed by atoms with E-state index in [1.165, 1.54) is 7.11 Å². The fourth-order valence-electron chi connectivity index (χ4n) is 2.58. The second-order valence-electron chi connectivity index (χ2n) is 5.94. The first kappa shape index (κ1) is 17.8. The van der Waals surface area contributed by atoms with E-state index in [2.05, 4.69) is 23.2 Å². The van der Waals surface area contributed by atoms with Gasteiger partial charge in [-0.05, 0) is 56.4 Å². The molecule has 1 atom stereocenters. The van der Waals surface area contributed by atoms with Gasteiger partial charge < -0.3 is 9.47 Å². The summed E-state index contributed by atoms with van der Waals surface area (Å²) in [6, 6.07) is 5.01. The molecule has 0 saturated carbocycles. The number of amides is 1. The van der Waals surface area contributed by atoms with Gasteiger partial charge in [0.1, 0.15) is 0 Å². The number of nitrogens with one attached hydrogen (secondary N) is 1. The van der Waals surface area contributed by atoms with Crippen molar-refractivity contribution in [3.05, 3.63) is 47.6 Å². The summed E-state index contributed by atoms with van der Waals surface area (Å²) in [4.78, 5) is 12.3. The molecule has 0 aliphatic heterocycles. The van der Waals surface area contributed by atoms with E-state index in [1.807, 2.05) is 13.8 Å². The number of benzene rings is 1. The third kappa shape index (κ3) is 4.04. The molecule has 1 aliphatic rings. The maximum atomic E-state index is 12.3. The van der Waals surface area contributed by atoms with Gasteiger partial charge in [0.05, 0.1) is 19.9 Å². The SMILES string of the molecule is C=C(C)C1CC=C(C)C(=NNC(=O)c2ccc(OC)c(OC)c2)C1. The van der Waals surface area contributed by atoms with Gasteiger partial charge >= 0.3 is 0 Å². The molecular formula is C19H24N2O3. The molecule has 0 aromatic heterocycles. The van der Waals surface area contributed by atoms with E-state index in [0.717, 1.165) is 29.7 Å². The predicted octanol–water partition coefficient (Wildman–Crippen LogP) is 3.72. The fraction of sp³-hybridized carbons (Fsp3) is 0.368. The maximum Gasteiger partial charge on any atom is 0.271 e. The highest BCUT2D eigenvalue weighted by molar-refractivity contribution is 6.02. The third-order valence-electron chi connectivity index (χ3n) is 4.24. The van der Waals surface area contributed by atoms with Crippen LogP contribution >= 0.6 is 0 Å². The van der Waals surface area contributed by atoms with Crippen molar-refractivity contribution in [2.45, 2.75) is 26.7 Å². The van der Waals surface area contributed by atoms with Gasteiger partial charge in [0.2, 0.25) is 0 Å². The van der Waals surface area contributed by atoms with Crippen molar-refractivity contribution in [3.8, 4) is 11.5 Å². The molecule has 1 N–H and O–H groups in total. The molecule has 0 heterocycles. The summed E-state index contributed by atoms with van der Waals surface area (Å²) in [6.07, 6.45) is 3.91. The molecule has 1 amide bonds. The first-order valence-electron chi connectivity index (χ1n) is 7.87.